The molecule has 0 radical (unpaired) electrons. The van der Waals surface area contributed by atoms with Gasteiger partial charge in [-0.3, -0.25) is 9.59 Å². The van der Waals surface area contributed by atoms with Gasteiger partial charge in [-0.2, -0.15) is 0 Å². The summed E-state index contributed by atoms with van der Waals surface area (Å²) in [5, 5.41) is 11.6. The first kappa shape index (κ1) is 17.0. The molecule has 0 aromatic heterocycles. The van der Waals surface area contributed by atoms with Gasteiger partial charge in [-0.05, 0) is 54.2 Å². The average Bonchev–Trinajstić information content (AvgIpc) is 3.42. The number of carboxylic acids is 1. The number of methoxy groups -OCH3 is 1. The normalized spacial score (nSPS) is 18.4. The predicted molar refractivity (Wildman–Crippen MR) is 94.9 cm³/mol. The first-order valence-corrected chi connectivity index (χ1v) is 8.32. The van der Waals surface area contributed by atoms with E-state index in [0.717, 1.165) is 29.0 Å². The van der Waals surface area contributed by atoms with Crippen molar-refractivity contribution in [3.05, 3.63) is 59.7 Å². The summed E-state index contributed by atoms with van der Waals surface area (Å²) >= 11 is 0. The van der Waals surface area contributed by atoms with E-state index >= 15 is 0 Å². The molecule has 0 saturated heterocycles. The van der Waals surface area contributed by atoms with Crippen LogP contribution in [0.2, 0.25) is 0 Å². The lowest BCUT2D eigenvalue weighted by atomic mass is 10.1. The van der Waals surface area contributed by atoms with Gasteiger partial charge in [-0.1, -0.05) is 24.3 Å². The van der Waals surface area contributed by atoms with Crippen LogP contribution in [0.1, 0.15) is 29.9 Å². The number of aliphatic carboxylic acids is 1. The van der Waals surface area contributed by atoms with Crippen molar-refractivity contribution in [2.24, 2.45) is 5.92 Å². The van der Waals surface area contributed by atoms with Gasteiger partial charge in [0, 0.05) is 18.0 Å². The van der Waals surface area contributed by atoms with Gasteiger partial charge >= 0.3 is 5.97 Å². The average molecular weight is 339 g/mol. The highest BCUT2D eigenvalue weighted by Gasteiger charge is 2.44. The van der Waals surface area contributed by atoms with E-state index in [0.29, 0.717) is 6.42 Å². The Morgan fingerprint density at radius 1 is 1.20 bits per heavy atom. The summed E-state index contributed by atoms with van der Waals surface area (Å²) in [7, 11) is 1.64. The fourth-order valence-electron chi connectivity index (χ4n) is 2.97. The summed E-state index contributed by atoms with van der Waals surface area (Å²) in [6.07, 6.45) is 1.44. The Morgan fingerprint density at radius 2 is 1.96 bits per heavy atom. The van der Waals surface area contributed by atoms with E-state index in [1.807, 2.05) is 48.5 Å². The molecular formula is C20H21NO4. The van der Waals surface area contributed by atoms with Crippen LogP contribution in [0.15, 0.2) is 48.5 Å². The van der Waals surface area contributed by atoms with Gasteiger partial charge in [-0.25, -0.2) is 0 Å². The van der Waals surface area contributed by atoms with Gasteiger partial charge in [0.15, 0.2) is 0 Å². The van der Waals surface area contributed by atoms with Gasteiger partial charge in [0.25, 0.3) is 0 Å². The van der Waals surface area contributed by atoms with E-state index < -0.39 is 5.97 Å². The highest BCUT2D eigenvalue weighted by molar-refractivity contribution is 5.95. The van der Waals surface area contributed by atoms with Crippen LogP contribution in [0.3, 0.4) is 0 Å². The molecule has 130 valence electrons. The highest BCUT2D eigenvalue weighted by atomic mass is 16.5. The van der Waals surface area contributed by atoms with Gasteiger partial charge in [0.1, 0.15) is 5.75 Å². The smallest absolute Gasteiger partial charge is 0.303 e. The standard InChI is InChI=1S/C20H21NO4/c1-25-16-4-2-3-14(11-16)17-12-18(17)20(24)21-15-8-5-13(6-9-15)7-10-19(22)23/h2-6,8-9,11,17-18H,7,10,12H2,1H3,(H,21,24)(H,22,23). The van der Waals surface area contributed by atoms with Crippen LogP contribution in [0.5, 0.6) is 5.75 Å². The summed E-state index contributed by atoms with van der Waals surface area (Å²) in [4.78, 5) is 23.0. The maximum Gasteiger partial charge on any atom is 0.303 e. The molecule has 2 aromatic rings. The monoisotopic (exact) mass is 339 g/mol. The van der Waals surface area contributed by atoms with Crippen molar-refractivity contribution in [2.75, 3.05) is 12.4 Å². The van der Waals surface area contributed by atoms with Gasteiger partial charge in [0.05, 0.1) is 7.11 Å². The van der Waals surface area contributed by atoms with E-state index in [1.54, 1.807) is 7.11 Å². The Balaban J connectivity index is 1.55. The number of carbonyl (C=O) groups excluding carboxylic acids is 1. The number of carbonyl (C=O) groups is 2. The molecule has 25 heavy (non-hydrogen) atoms. The van der Waals surface area contributed by atoms with Gasteiger partial charge < -0.3 is 15.2 Å². The minimum atomic E-state index is -0.810. The maximum atomic E-state index is 12.4. The fourth-order valence-corrected chi connectivity index (χ4v) is 2.97. The van der Waals surface area contributed by atoms with Crippen LogP contribution < -0.4 is 10.1 Å². The zero-order valence-corrected chi connectivity index (χ0v) is 14.1. The van der Waals surface area contributed by atoms with Crippen LogP contribution in [-0.4, -0.2) is 24.1 Å². The van der Waals surface area contributed by atoms with E-state index in [9.17, 15) is 9.59 Å². The molecular weight excluding hydrogens is 318 g/mol. The topological polar surface area (TPSA) is 75.6 Å². The lowest BCUT2D eigenvalue weighted by Gasteiger charge is -2.07. The van der Waals surface area contributed by atoms with Gasteiger partial charge in [-0.15, -0.1) is 0 Å². The summed E-state index contributed by atoms with van der Waals surface area (Å²) < 4.78 is 5.23. The van der Waals surface area contributed by atoms with E-state index in [-0.39, 0.29) is 24.2 Å². The maximum absolute atomic E-state index is 12.4. The van der Waals surface area contributed by atoms with Crippen LogP contribution in [0.4, 0.5) is 5.69 Å². The summed E-state index contributed by atoms with van der Waals surface area (Å²) in [6.45, 7) is 0. The number of rotatable bonds is 7. The van der Waals surface area contributed by atoms with Crippen molar-refractivity contribution in [1.29, 1.82) is 0 Å². The molecule has 2 N–H and O–H groups in total. The van der Waals surface area contributed by atoms with Crippen LogP contribution in [0, 0.1) is 5.92 Å². The number of benzene rings is 2. The molecule has 1 aliphatic carbocycles. The molecule has 0 bridgehead atoms. The zero-order chi connectivity index (χ0) is 17.8. The van der Waals surface area contributed by atoms with E-state index in [1.165, 1.54) is 0 Å². The minimum absolute atomic E-state index is 0.0150. The molecule has 5 nitrogen and oxygen atoms in total. The zero-order valence-electron chi connectivity index (χ0n) is 14.1. The number of nitrogens with one attached hydrogen (secondary N) is 1. The second-order valence-electron chi connectivity index (χ2n) is 6.31. The van der Waals surface area contributed by atoms with E-state index in [2.05, 4.69) is 5.32 Å². The molecule has 1 fully saturated rings. The molecule has 2 unspecified atom stereocenters. The third kappa shape index (κ3) is 4.38. The second-order valence-corrected chi connectivity index (χ2v) is 6.31. The van der Waals surface area contributed by atoms with Crippen LogP contribution >= 0.6 is 0 Å². The van der Waals surface area contributed by atoms with E-state index in [4.69, 9.17) is 9.84 Å². The lowest BCUT2D eigenvalue weighted by Crippen LogP contribution is -2.14. The van der Waals surface area contributed by atoms with Crippen molar-refractivity contribution in [1.82, 2.24) is 0 Å². The molecule has 1 aliphatic rings. The Morgan fingerprint density at radius 3 is 2.64 bits per heavy atom. The summed E-state index contributed by atoms with van der Waals surface area (Å²) in [5.41, 5.74) is 2.81. The highest BCUT2D eigenvalue weighted by Crippen LogP contribution is 2.48. The number of anilines is 1. The molecule has 3 rings (SSSR count). The van der Waals surface area contributed by atoms with Crippen molar-refractivity contribution < 1.29 is 19.4 Å². The number of hydrogen-bond donors (Lipinski definition) is 2. The first-order chi connectivity index (χ1) is 12.1. The largest absolute Gasteiger partial charge is 0.497 e. The Kier molecular flexibility index (Phi) is 5.03. The molecule has 0 spiro atoms. The Bertz CT molecular complexity index is 770. The number of ether oxygens (including phenoxy) is 1. The summed E-state index contributed by atoms with van der Waals surface area (Å²) in [5.74, 6) is 0.241. The SMILES string of the molecule is COc1cccc(C2CC2C(=O)Nc2ccc(CCC(=O)O)cc2)c1. The van der Waals surface area contributed by atoms with Crippen molar-refractivity contribution in [3.63, 3.8) is 0 Å². The molecule has 1 saturated carbocycles. The van der Waals surface area contributed by atoms with Crippen LogP contribution in [-0.2, 0) is 16.0 Å². The van der Waals surface area contributed by atoms with Crippen molar-refractivity contribution >= 4 is 17.6 Å². The fraction of sp³-hybridized carbons (Fsp3) is 0.300. The lowest BCUT2D eigenvalue weighted by molar-refractivity contribution is -0.137. The third-order valence-corrected chi connectivity index (χ3v) is 4.50. The third-order valence-electron chi connectivity index (χ3n) is 4.50. The van der Waals surface area contributed by atoms with Crippen molar-refractivity contribution in [2.45, 2.75) is 25.2 Å². The molecule has 5 heteroatoms. The Hall–Kier alpha value is -2.82. The Labute approximate surface area is 146 Å². The number of aryl methyl sites for hydroxylation is 1. The second kappa shape index (κ2) is 7.38. The minimum Gasteiger partial charge on any atom is -0.497 e. The number of hydrogen-bond acceptors (Lipinski definition) is 3. The number of amides is 1. The molecule has 2 aromatic carbocycles. The molecule has 0 heterocycles. The molecule has 0 aliphatic heterocycles. The quantitative estimate of drug-likeness (QED) is 0.810. The molecule has 2 atom stereocenters. The summed E-state index contributed by atoms with van der Waals surface area (Å²) in [6, 6.07) is 15.2. The van der Waals surface area contributed by atoms with Crippen molar-refractivity contribution in [3.8, 4) is 5.75 Å². The molecule has 1 amide bonds. The predicted octanol–water partition coefficient (Wildman–Crippen LogP) is 3.45. The first-order valence-electron chi connectivity index (χ1n) is 8.32. The van der Waals surface area contributed by atoms with Gasteiger partial charge in [0.2, 0.25) is 5.91 Å². The van der Waals surface area contributed by atoms with Crippen LogP contribution in [0.25, 0.3) is 0 Å². The number of carboxylic acid groups (broad SMARTS) is 1.